The summed E-state index contributed by atoms with van der Waals surface area (Å²) in [6.07, 6.45) is 16.1. The molecule has 170 valence electrons. The normalized spacial score (nSPS) is 15.1. The first kappa shape index (κ1) is 23.1. The van der Waals surface area contributed by atoms with Crippen LogP contribution in [0.1, 0.15) is 72.8 Å². The van der Waals surface area contributed by atoms with Gasteiger partial charge in [-0.2, -0.15) is 0 Å². The van der Waals surface area contributed by atoms with Gasteiger partial charge in [-0.3, -0.25) is 0 Å². The first-order chi connectivity index (χ1) is 16.2. The summed E-state index contributed by atoms with van der Waals surface area (Å²) in [5.74, 6) is 0. The van der Waals surface area contributed by atoms with E-state index in [-0.39, 0.29) is 0 Å². The number of allylic oxidation sites excluding steroid dienone is 2. The third-order valence-corrected chi connectivity index (χ3v) is 6.66. The van der Waals surface area contributed by atoms with E-state index in [4.69, 9.17) is 0 Å². The van der Waals surface area contributed by atoms with Crippen molar-refractivity contribution in [1.29, 1.82) is 0 Å². The van der Waals surface area contributed by atoms with Crippen molar-refractivity contribution in [1.82, 2.24) is 0 Å². The summed E-state index contributed by atoms with van der Waals surface area (Å²) in [6, 6.07) is 27.1. The predicted molar refractivity (Wildman–Crippen MR) is 145 cm³/mol. The quantitative estimate of drug-likeness (QED) is 0.381. The van der Waals surface area contributed by atoms with Crippen molar-refractivity contribution >= 4 is 17.3 Å². The van der Waals surface area contributed by atoms with Crippen LogP contribution in [0.5, 0.6) is 0 Å². The first-order valence-corrected chi connectivity index (χ1v) is 12.6. The minimum Gasteiger partial charge on any atom is -0.382 e. The number of hydrogen-bond donors (Lipinski definition) is 1. The van der Waals surface area contributed by atoms with Crippen LogP contribution in [0.15, 0.2) is 84.9 Å². The van der Waals surface area contributed by atoms with Crippen LogP contribution in [0.3, 0.4) is 0 Å². The number of anilines is 1. The summed E-state index contributed by atoms with van der Waals surface area (Å²) in [7, 11) is 0. The maximum atomic E-state index is 3.77. The Morgan fingerprint density at radius 1 is 0.667 bits per heavy atom. The molecule has 0 aromatic heterocycles. The van der Waals surface area contributed by atoms with Gasteiger partial charge in [-0.25, -0.2) is 0 Å². The number of hydrogen-bond acceptors (Lipinski definition) is 1. The zero-order chi connectivity index (χ0) is 22.9. The molecule has 0 spiro atoms. The van der Waals surface area contributed by atoms with Crippen molar-refractivity contribution in [2.24, 2.45) is 0 Å². The summed E-state index contributed by atoms with van der Waals surface area (Å²) >= 11 is 0. The molecule has 1 saturated carbocycles. The Bertz CT molecular complexity index is 997. The Morgan fingerprint density at radius 2 is 1.18 bits per heavy atom. The van der Waals surface area contributed by atoms with Crippen LogP contribution in [0.25, 0.3) is 11.6 Å². The standard InChI is InChI=1S/C32H37N/c1-25-13-19-28(20-14-25)32(29-21-15-26(2)16-22-29)12-8-9-27-17-23-31(24-18-27)33-30-10-6-4-3-5-7-11-30/h8-9,12-24,30,33H,3-7,10-11H2,1-2H3/b9-8+. The predicted octanol–water partition coefficient (Wildman–Crippen LogP) is 8.97. The highest BCUT2D eigenvalue weighted by Gasteiger charge is 2.10. The maximum absolute atomic E-state index is 3.77. The molecule has 0 atom stereocenters. The van der Waals surface area contributed by atoms with Crippen LogP contribution in [-0.4, -0.2) is 6.04 Å². The fourth-order valence-corrected chi connectivity index (χ4v) is 4.61. The first-order valence-electron chi connectivity index (χ1n) is 12.6. The molecule has 3 aromatic rings. The van der Waals surface area contributed by atoms with Gasteiger partial charge in [-0.15, -0.1) is 0 Å². The van der Waals surface area contributed by atoms with Crippen LogP contribution in [0.2, 0.25) is 0 Å². The van der Waals surface area contributed by atoms with E-state index in [2.05, 4.69) is 110 Å². The summed E-state index contributed by atoms with van der Waals surface area (Å²) in [5, 5.41) is 3.77. The smallest absolute Gasteiger partial charge is 0.0342 e. The van der Waals surface area contributed by atoms with E-state index < -0.39 is 0 Å². The Labute approximate surface area is 200 Å². The zero-order valence-electron chi connectivity index (χ0n) is 20.2. The van der Waals surface area contributed by atoms with Crippen molar-refractivity contribution in [2.75, 3.05) is 5.32 Å². The highest BCUT2D eigenvalue weighted by molar-refractivity contribution is 5.81. The molecular formula is C32H37N. The second-order valence-corrected chi connectivity index (χ2v) is 9.48. The molecule has 1 fully saturated rings. The highest BCUT2D eigenvalue weighted by Crippen LogP contribution is 2.25. The van der Waals surface area contributed by atoms with E-state index in [0.29, 0.717) is 6.04 Å². The Morgan fingerprint density at radius 3 is 1.73 bits per heavy atom. The zero-order valence-corrected chi connectivity index (χ0v) is 20.2. The van der Waals surface area contributed by atoms with E-state index >= 15 is 0 Å². The fraction of sp³-hybridized carbons (Fsp3) is 0.312. The summed E-state index contributed by atoms with van der Waals surface area (Å²) < 4.78 is 0. The molecule has 0 unspecified atom stereocenters. The number of rotatable bonds is 6. The molecule has 1 nitrogen and oxygen atoms in total. The Hall–Kier alpha value is -3.06. The Balaban J connectivity index is 1.47. The molecule has 0 aliphatic heterocycles. The van der Waals surface area contributed by atoms with Crippen LogP contribution in [0.4, 0.5) is 5.69 Å². The SMILES string of the molecule is Cc1ccc(C(=C/C=C/c2ccc(NC3CCCCCCC3)cc2)c2ccc(C)cc2)cc1. The van der Waals surface area contributed by atoms with E-state index in [1.54, 1.807) is 0 Å². The molecule has 1 heteroatoms. The van der Waals surface area contributed by atoms with Gasteiger partial charge < -0.3 is 5.32 Å². The van der Waals surface area contributed by atoms with Crippen LogP contribution in [-0.2, 0) is 0 Å². The van der Waals surface area contributed by atoms with Crippen LogP contribution >= 0.6 is 0 Å². The second kappa shape index (κ2) is 11.7. The van der Waals surface area contributed by atoms with Crippen molar-refractivity contribution < 1.29 is 0 Å². The van der Waals surface area contributed by atoms with Gasteiger partial charge in [-0.1, -0.05) is 122 Å². The van der Waals surface area contributed by atoms with Gasteiger partial charge in [-0.05, 0) is 61.1 Å². The van der Waals surface area contributed by atoms with Gasteiger partial charge in [0, 0.05) is 11.7 Å². The van der Waals surface area contributed by atoms with Gasteiger partial charge in [0.25, 0.3) is 0 Å². The van der Waals surface area contributed by atoms with E-state index in [9.17, 15) is 0 Å². The van der Waals surface area contributed by atoms with Crippen molar-refractivity contribution in [2.45, 2.75) is 64.8 Å². The Kier molecular flexibility index (Phi) is 8.19. The number of nitrogens with one attached hydrogen (secondary N) is 1. The highest BCUT2D eigenvalue weighted by atomic mass is 14.9. The third-order valence-electron chi connectivity index (χ3n) is 6.66. The monoisotopic (exact) mass is 435 g/mol. The van der Waals surface area contributed by atoms with Crippen molar-refractivity contribution in [3.05, 3.63) is 113 Å². The van der Waals surface area contributed by atoms with Gasteiger partial charge in [0.05, 0.1) is 0 Å². The molecule has 0 amide bonds. The summed E-state index contributed by atoms with van der Waals surface area (Å²) in [5.41, 5.74) is 8.76. The van der Waals surface area contributed by atoms with Crippen LogP contribution < -0.4 is 5.32 Å². The lowest BCUT2D eigenvalue weighted by Crippen LogP contribution is -2.20. The molecule has 3 aromatic carbocycles. The molecule has 0 heterocycles. The molecule has 33 heavy (non-hydrogen) atoms. The number of aryl methyl sites for hydroxylation is 2. The van der Waals surface area contributed by atoms with Crippen molar-refractivity contribution in [3.63, 3.8) is 0 Å². The lowest BCUT2D eigenvalue weighted by molar-refractivity contribution is 0.471. The molecule has 1 aliphatic carbocycles. The van der Waals surface area contributed by atoms with Crippen molar-refractivity contribution in [3.8, 4) is 0 Å². The van der Waals surface area contributed by atoms with E-state index in [1.807, 2.05) is 0 Å². The third kappa shape index (κ3) is 6.96. The van der Waals surface area contributed by atoms with E-state index in [1.165, 1.54) is 84.0 Å². The lowest BCUT2D eigenvalue weighted by atomic mass is 9.96. The molecular weight excluding hydrogens is 398 g/mol. The minimum atomic E-state index is 0.626. The molecule has 4 rings (SSSR count). The topological polar surface area (TPSA) is 12.0 Å². The molecule has 1 aliphatic rings. The maximum Gasteiger partial charge on any atom is 0.0342 e. The number of benzene rings is 3. The second-order valence-electron chi connectivity index (χ2n) is 9.48. The molecule has 1 N–H and O–H groups in total. The van der Waals surface area contributed by atoms with Gasteiger partial charge in [0.2, 0.25) is 0 Å². The largest absolute Gasteiger partial charge is 0.382 e. The molecule has 0 radical (unpaired) electrons. The van der Waals surface area contributed by atoms with Crippen LogP contribution in [0, 0.1) is 13.8 Å². The lowest BCUT2D eigenvalue weighted by Gasteiger charge is -2.22. The fourth-order valence-electron chi connectivity index (χ4n) is 4.61. The van der Waals surface area contributed by atoms with E-state index in [0.717, 1.165) is 0 Å². The van der Waals surface area contributed by atoms with Gasteiger partial charge in [0.1, 0.15) is 0 Å². The summed E-state index contributed by atoms with van der Waals surface area (Å²) in [4.78, 5) is 0. The van der Waals surface area contributed by atoms with Gasteiger partial charge >= 0.3 is 0 Å². The average Bonchev–Trinajstić information content (AvgIpc) is 2.81. The summed E-state index contributed by atoms with van der Waals surface area (Å²) in [6.45, 7) is 4.27. The average molecular weight is 436 g/mol. The minimum absolute atomic E-state index is 0.626. The molecule has 0 bridgehead atoms. The molecule has 0 saturated heterocycles. The van der Waals surface area contributed by atoms with Gasteiger partial charge in [0.15, 0.2) is 0 Å².